The van der Waals surface area contributed by atoms with Gasteiger partial charge in [-0.05, 0) is 112 Å². The van der Waals surface area contributed by atoms with Gasteiger partial charge >= 0.3 is 0 Å². The molecule has 0 atom stereocenters. The van der Waals surface area contributed by atoms with Gasteiger partial charge in [0.2, 0.25) is 8.87 Å². The van der Waals surface area contributed by atoms with Crippen molar-refractivity contribution in [1.29, 1.82) is 0 Å². The minimum atomic E-state index is -3.41. The molecule has 0 N–H and O–H groups in total. The summed E-state index contributed by atoms with van der Waals surface area (Å²) in [5, 5.41) is 0. The topological polar surface area (TPSA) is 86.7 Å². The first kappa shape index (κ1) is 36.3. The zero-order chi connectivity index (χ0) is 32.5. The van der Waals surface area contributed by atoms with E-state index in [1.807, 2.05) is 65.8 Å². The fourth-order valence-electron chi connectivity index (χ4n) is 3.72. The number of thiol groups is 1. The summed E-state index contributed by atoms with van der Waals surface area (Å²) in [7, 11) is -2.26. The van der Waals surface area contributed by atoms with Gasteiger partial charge in [-0.3, -0.25) is 0 Å². The Labute approximate surface area is 266 Å². The van der Waals surface area contributed by atoms with Crippen LogP contribution in [-0.4, -0.2) is 37.3 Å². The third-order valence-electron chi connectivity index (χ3n) is 6.36. The lowest BCUT2D eigenvalue weighted by molar-refractivity contribution is 0.411. The third-order valence-corrected chi connectivity index (χ3v) is 11.4. The summed E-state index contributed by atoms with van der Waals surface area (Å²) in [5.74, 6) is 1.70. The normalized spacial score (nSPS) is 11.0. The largest absolute Gasteiger partial charge is 0.496 e. The highest BCUT2D eigenvalue weighted by Crippen LogP contribution is 2.36. The Kier molecular flexibility index (Phi) is 13.2. The summed E-state index contributed by atoms with van der Waals surface area (Å²) in [4.78, 5) is 2.45. The smallest absolute Gasteiger partial charge is 0.234 e. The van der Waals surface area contributed by atoms with Crippen LogP contribution in [-0.2, 0) is 18.7 Å². The Balaban J connectivity index is 0.000000247. The van der Waals surface area contributed by atoms with Gasteiger partial charge in [0.25, 0.3) is 0 Å². The number of aryl methyl sites for hydroxylation is 6. The maximum atomic E-state index is 12.5. The molecule has 10 heteroatoms. The lowest BCUT2D eigenvalue weighted by Crippen LogP contribution is -1.97. The van der Waals surface area contributed by atoms with E-state index in [0.29, 0.717) is 9.79 Å². The number of benzene rings is 4. The minimum Gasteiger partial charge on any atom is -0.496 e. The minimum absolute atomic E-state index is 0.325. The average Bonchev–Trinajstić information content (AvgIpc) is 2.93. The van der Waals surface area contributed by atoms with Crippen molar-refractivity contribution in [2.75, 3.05) is 20.5 Å². The second-order valence-electron chi connectivity index (χ2n) is 10.1. The van der Waals surface area contributed by atoms with Gasteiger partial charge < -0.3 is 9.47 Å². The van der Waals surface area contributed by atoms with E-state index in [1.165, 1.54) is 6.26 Å². The van der Waals surface area contributed by atoms with E-state index < -0.39 is 18.7 Å². The van der Waals surface area contributed by atoms with Crippen molar-refractivity contribution in [2.45, 2.75) is 61.1 Å². The number of hydrogen-bond donors (Lipinski definition) is 1. The van der Waals surface area contributed by atoms with Crippen molar-refractivity contribution < 1.29 is 26.3 Å². The van der Waals surface area contributed by atoms with Crippen LogP contribution in [0.15, 0.2) is 92.4 Å². The molecule has 0 spiro atoms. The van der Waals surface area contributed by atoms with Crippen LogP contribution in [0.2, 0.25) is 0 Å². The zero-order valence-electron chi connectivity index (χ0n) is 26.0. The summed E-state index contributed by atoms with van der Waals surface area (Å²) in [6.45, 7) is 11.7. The van der Waals surface area contributed by atoms with E-state index in [9.17, 15) is 16.8 Å². The van der Waals surface area contributed by atoms with Crippen LogP contribution in [0.3, 0.4) is 0 Å². The lowest BCUT2D eigenvalue weighted by atomic mass is 10.1. The first-order chi connectivity index (χ1) is 20.0. The van der Waals surface area contributed by atoms with Gasteiger partial charge in [0.1, 0.15) is 11.5 Å². The Morgan fingerprint density at radius 2 is 1.00 bits per heavy atom. The molecule has 232 valence electrons. The Hall–Kier alpha value is -2.92. The molecule has 43 heavy (non-hydrogen) atoms. The molecular formula is C33H40O6S4. The van der Waals surface area contributed by atoms with Gasteiger partial charge in [-0.25, -0.2) is 16.8 Å². The third kappa shape index (κ3) is 10.9. The predicted molar refractivity (Wildman–Crippen MR) is 181 cm³/mol. The first-order valence-corrected chi connectivity index (χ1v) is 18.4. The highest BCUT2D eigenvalue weighted by molar-refractivity contribution is 8.72. The molecule has 6 nitrogen and oxygen atoms in total. The SMILES string of the molecule is COc1cc(C)c(S)cc1C.COc1cc(C)c(SS(=O)(=O)c2ccc(C)cc2)cc1C.Cc1ccc(S(C)(=O)=O)cc1. The summed E-state index contributed by atoms with van der Waals surface area (Å²) >= 11 is 4.30. The molecule has 0 heterocycles. The van der Waals surface area contributed by atoms with Crippen molar-refractivity contribution in [3.05, 3.63) is 106 Å². The standard InChI is InChI=1S/C16H18O3S2.C9H12OS.C8H10O2S/c1-11-5-7-14(8-6-11)21(17,18)20-16-10-12(2)15(19-4)9-13(16)3;1-6-5-9(11)7(2)4-8(6)10-3;1-7-3-5-8(6-4-7)11(2,9)10/h5-10H,1-4H3;4-5,11H,1-3H3;3-6H,1-2H3. The quantitative estimate of drug-likeness (QED) is 0.165. The van der Waals surface area contributed by atoms with Crippen LogP contribution < -0.4 is 9.47 Å². The fourth-order valence-corrected chi connectivity index (χ4v) is 7.70. The van der Waals surface area contributed by atoms with Gasteiger partial charge in [-0.2, -0.15) is 0 Å². The first-order valence-electron chi connectivity index (χ1n) is 13.3. The van der Waals surface area contributed by atoms with Crippen LogP contribution >= 0.6 is 23.4 Å². The van der Waals surface area contributed by atoms with E-state index in [2.05, 4.69) is 12.6 Å². The van der Waals surface area contributed by atoms with Crippen LogP contribution in [0, 0.1) is 41.5 Å². The van der Waals surface area contributed by atoms with Gasteiger partial charge in [0.05, 0.1) is 24.0 Å². The maximum Gasteiger partial charge on any atom is 0.234 e. The summed E-state index contributed by atoms with van der Waals surface area (Å²) in [5.41, 5.74) is 6.19. The molecular weight excluding hydrogens is 621 g/mol. The van der Waals surface area contributed by atoms with Crippen molar-refractivity contribution in [1.82, 2.24) is 0 Å². The molecule has 0 saturated heterocycles. The Morgan fingerprint density at radius 1 is 0.581 bits per heavy atom. The monoisotopic (exact) mass is 660 g/mol. The van der Waals surface area contributed by atoms with Crippen LogP contribution in [0.4, 0.5) is 0 Å². The molecule has 0 saturated carbocycles. The molecule has 0 fully saturated rings. The number of ether oxygens (including phenoxy) is 2. The van der Waals surface area contributed by atoms with Gasteiger partial charge in [-0.1, -0.05) is 35.4 Å². The summed E-state index contributed by atoms with van der Waals surface area (Å²) < 4.78 is 57.2. The molecule has 0 amide bonds. The van der Waals surface area contributed by atoms with Gasteiger partial charge in [-0.15, -0.1) is 12.6 Å². The van der Waals surface area contributed by atoms with Crippen LogP contribution in [0.5, 0.6) is 11.5 Å². The highest BCUT2D eigenvalue weighted by atomic mass is 33.1. The molecule has 0 aromatic heterocycles. The maximum absolute atomic E-state index is 12.5. The number of methoxy groups -OCH3 is 2. The van der Waals surface area contributed by atoms with Crippen molar-refractivity contribution in [3.8, 4) is 11.5 Å². The van der Waals surface area contributed by atoms with Crippen LogP contribution in [0.25, 0.3) is 0 Å². The van der Waals surface area contributed by atoms with E-state index in [-0.39, 0.29) is 0 Å². The lowest BCUT2D eigenvalue weighted by Gasteiger charge is -2.11. The van der Waals surface area contributed by atoms with E-state index >= 15 is 0 Å². The summed E-state index contributed by atoms with van der Waals surface area (Å²) in [6.07, 6.45) is 1.21. The second kappa shape index (κ2) is 15.7. The average molecular weight is 661 g/mol. The van der Waals surface area contributed by atoms with Crippen molar-refractivity contribution in [2.24, 2.45) is 0 Å². The molecule has 0 aliphatic heterocycles. The molecule has 4 aromatic rings. The molecule has 0 radical (unpaired) electrons. The van der Waals surface area contributed by atoms with E-state index in [0.717, 1.165) is 65.5 Å². The summed E-state index contributed by atoms with van der Waals surface area (Å²) in [6, 6.07) is 21.4. The number of hydrogen-bond acceptors (Lipinski definition) is 8. The molecule has 0 bridgehead atoms. The van der Waals surface area contributed by atoms with Crippen LogP contribution in [0.1, 0.15) is 33.4 Å². The van der Waals surface area contributed by atoms with Crippen molar-refractivity contribution >= 4 is 42.1 Å². The van der Waals surface area contributed by atoms with E-state index in [4.69, 9.17) is 9.47 Å². The van der Waals surface area contributed by atoms with Gasteiger partial charge in [0.15, 0.2) is 9.84 Å². The fraction of sp³-hybridized carbons (Fsp3) is 0.273. The molecule has 4 rings (SSSR count). The molecule has 0 aliphatic carbocycles. The predicted octanol–water partition coefficient (Wildman–Crippen LogP) is 8.10. The number of sulfone groups is 1. The molecule has 0 unspecified atom stereocenters. The second-order valence-corrected chi connectivity index (χ2v) is 16.4. The zero-order valence-corrected chi connectivity index (χ0v) is 29.4. The van der Waals surface area contributed by atoms with E-state index in [1.54, 1.807) is 62.8 Å². The molecule has 4 aromatic carbocycles. The van der Waals surface area contributed by atoms with Gasteiger partial charge in [0, 0.05) is 26.8 Å². The highest BCUT2D eigenvalue weighted by Gasteiger charge is 2.18. The Morgan fingerprint density at radius 3 is 1.44 bits per heavy atom. The number of rotatable bonds is 6. The Bertz CT molecular complexity index is 1750. The van der Waals surface area contributed by atoms with Crippen molar-refractivity contribution in [3.63, 3.8) is 0 Å². The molecule has 0 aliphatic rings.